The third-order valence-corrected chi connectivity index (χ3v) is 4.31. The third-order valence-electron chi connectivity index (χ3n) is 4.31. The molecule has 2 saturated heterocycles. The Morgan fingerprint density at radius 1 is 1.18 bits per heavy atom. The van der Waals surface area contributed by atoms with Crippen LogP contribution in [0.5, 0.6) is 0 Å². The van der Waals surface area contributed by atoms with Gasteiger partial charge in [-0.25, -0.2) is 4.98 Å². The molecule has 7 heteroatoms. The molecule has 0 N–H and O–H groups in total. The number of hydrogen-bond donors (Lipinski definition) is 0. The predicted octanol–water partition coefficient (Wildman–Crippen LogP) is 2.26. The minimum atomic E-state index is -4.32. The van der Waals surface area contributed by atoms with Gasteiger partial charge in [0, 0.05) is 38.9 Å². The Kier molecular flexibility index (Phi) is 4.54. The van der Waals surface area contributed by atoms with Crippen LogP contribution >= 0.6 is 0 Å². The molecule has 1 aromatic heterocycles. The number of rotatable bonds is 3. The van der Waals surface area contributed by atoms with Crippen molar-refractivity contribution in [3.05, 3.63) is 23.9 Å². The summed E-state index contributed by atoms with van der Waals surface area (Å²) in [5.74, 6) is 1.18. The van der Waals surface area contributed by atoms with Gasteiger partial charge in [-0.1, -0.05) is 0 Å². The van der Waals surface area contributed by atoms with E-state index in [2.05, 4.69) is 14.8 Å². The number of hydrogen-bond acceptors (Lipinski definition) is 4. The molecule has 4 nitrogen and oxygen atoms in total. The molecule has 0 saturated carbocycles. The van der Waals surface area contributed by atoms with Gasteiger partial charge >= 0.3 is 6.18 Å². The number of alkyl halides is 3. The summed E-state index contributed by atoms with van der Waals surface area (Å²) in [6.07, 6.45) is -2.35. The van der Waals surface area contributed by atoms with Crippen LogP contribution in [0.25, 0.3) is 0 Å². The predicted molar refractivity (Wildman–Crippen MR) is 76.8 cm³/mol. The van der Waals surface area contributed by atoms with Crippen LogP contribution in [0, 0.1) is 5.92 Å². The van der Waals surface area contributed by atoms with Crippen molar-refractivity contribution in [3.63, 3.8) is 0 Å². The van der Waals surface area contributed by atoms with Crippen LogP contribution in [0.4, 0.5) is 19.0 Å². The number of halogens is 3. The number of anilines is 1. The average molecular weight is 315 g/mol. The lowest BCUT2D eigenvalue weighted by molar-refractivity contribution is -0.137. The van der Waals surface area contributed by atoms with Crippen molar-refractivity contribution in [2.75, 3.05) is 50.8 Å². The fraction of sp³-hybridized carbons (Fsp3) is 0.667. The number of aromatic nitrogens is 1. The Bertz CT molecular complexity index is 486. The molecule has 2 fully saturated rings. The normalized spacial score (nSPS) is 24.0. The minimum Gasteiger partial charge on any atom is -0.379 e. The maximum atomic E-state index is 12.6. The highest BCUT2D eigenvalue weighted by Gasteiger charge is 2.31. The molecule has 0 aromatic carbocycles. The zero-order valence-corrected chi connectivity index (χ0v) is 12.4. The molecule has 0 aliphatic carbocycles. The summed E-state index contributed by atoms with van der Waals surface area (Å²) in [6, 6.07) is 2.58. The van der Waals surface area contributed by atoms with Crippen LogP contribution in [-0.4, -0.2) is 55.8 Å². The maximum absolute atomic E-state index is 12.6. The van der Waals surface area contributed by atoms with Crippen LogP contribution in [0.15, 0.2) is 18.3 Å². The second-order valence-electron chi connectivity index (χ2n) is 5.92. The van der Waals surface area contributed by atoms with E-state index in [0.717, 1.165) is 64.6 Å². The molecule has 122 valence electrons. The van der Waals surface area contributed by atoms with Crippen LogP contribution in [0.3, 0.4) is 0 Å². The Morgan fingerprint density at radius 3 is 2.59 bits per heavy atom. The van der Waals surface area contributed by atoms with Gasteiger partial charge in [0.05, 0.1) is 18.8 Å². The third kappa shape index (κ3) is 3.70. The van der Waals surface area contributed by atoms with E-state index < -0.39 is 11.7 Å². The van der Waals surface area contributed by atoms with Crippen molar-refractivity contribution in [1.82, 2.24) is 9.88 Å². The smallest absolute Gasteiger partial charge is 0.379 e. The first-order chi connectivity index (χ1) is 10.5. The zero-order chi connectivity index (χ0) is 15.6. The molecule has 22 heavy (non-hydrogen) atoms. The molecule has 3 heterocycles. The van der Waals surface area contributed by atoms with Crippen molar-refractivity contribution in [2.24, 2.45) is 5.92 Å². The van der Waals surface area contributed by atoms with Gasteiger partial charge in [-0.15, -0.1) is 0 Å². The first kappa shape index (κ1) is 15.6. The molecular formula is C15H20F3N3O. The molecule has 0 bridgehead atoms. The highest BCUT2D eigenvalue weighted by atomic mass is 19.4. The highest BCUT2D eigenvalue weighted by Crippen LogP contribution is 2.30. The topological polar surface area (TPSA) is 28.6 Å². The van der Waals surface area contributed by atoms with Crippen molar-refractivity contribution < 1.29 is 17.9 Å². The van der Waals surface area contributed by atoms with Crippen molar-refractivity contribution >= 4 is 5.82 Å². The van der Waals surface area contributed by atoms with Gasteiger partial charge in [0.15, 0.2) is 0 Å². The standard InChI is InChI=1S/C15H20F3N3O/c16-15(17,18)13-1-2-14(19-9-13)21-4-3-12(11-21)10-20-5-7-22-8-6-20/h1-2,9,12H,3-8,10-11H2. The number of morpholine rings is 1. The van der Waals surface area contributed by atoms with Crippen molar-refractivity contribution in [3.8, 4) is 0 Å². The zero-order valence-electron chi connectivity index (χ0n) is 12.4. The molecule has 2 aliphatic rings. The molecule has 1 aromatic rings. The molecule has 2 aliphatic heterocycles. The van der Waals surface area contributed by atoms with E-state index in [1.54, 1.807) is 0 Å². The summed E-state index contributed by atoms with van der Waals surface area (Å²) in [5.41, 5.74) is -0.694. The van der Waals surface area contributed by atoms with Crippen LogP contribution in [0.1, 0.15) is 12.0 Å². The van der Waals surface area contributed by atoms with Gasteiger partial charge < -0.3 is 9.64 Å². The van der Waals surface area contributed by atoms with Crippen LogP contribution in [-0.2, 0) is 10.9 Å². The Hall–Kier alpha value is -1.34. The van der Waals surface area contributed by atoms with Crippen molar-refractivity contribution in [2.45, 2.75) is 12.6 Å². The monoisotopic (exact) mass is 315 g/mol. The van der Waals surface area contributed by atoms with E-state index in [1.165, 1.54) is 6.07 Å². The summed E-state index contributed by atoms with van der Waals surface area (Å²) in [4.78, 5) is 8.46. The number of ether oxygens (including phenoxy) is 1. The van der Waals surface area contributed by atoms with Crippen molar-refractivity contribution in [1.29, 1.82) is 0 Å². The van der Waals surface area contributed by atoms with Gasteiger partial charge in [0.25, 0.3) is 0 Å². The Labute approximate surface area is 127 Å². The average Bonchev–Trinajstić information content (AvgIpc) is 2.96. The molecular weight excluding hydrogens is 295 g/mol. The molecule has 0 spiro atoms. The van der Waals surface area contributed by atoms with Gasteiger partial charge in [0.1, 0.15) is 5.82 Å². The summed E-state index contributed by atoms with van der Waals surface area (Å²) in [7, 11) is 0. The van der Waals surface area contributed by atoms with Gasteiger partial charge in [-0.2, -0.15) is 13.2 Å². The summed E-state index contributed by atoms with van der Waals surface area (Å²) in [6.45, 7) is 6.25. The van der Waals surface area contributed by atoms with E-state index in [0.29, 0.717) is 11.7 Å². The van der Waals surface area contributed by atoms with E-state index in [-0.39, 0.29) is 0 Å². The summed E-state index contributed by atoms with van der Waals surface area (Å²) in [5, 5.41) is 0. The van der Waals surface area contributed by atoms with E-state index in [1.807, 2.05) is 0 Å². The number of pyridine rings is 1. The fourth-order valence-electron chi connectivity index (χ4n) is 3.08. The van der Waals surface area contributed by atoms with E-state index in [4.69, 9.17) is 4.74 Å². The first-order valence-corrected chi connectivity index (χ1v) is 7.60. The van der Waals surface area contributed by atoms with E-state index in [9.17, 15) is 13.2 Å². The van der Waals surface area contributed by atoms with E-state index >= 15 is 0 Å². The largest absolute Gasteiger partial charge is 0.417 e. The van der Waals surface area contributed by atoms with Crippen LogP contribution < -0.4 is 4.90 Å². The Morgan fingerprint density at radius 2 is 1.95 bits per heavy atom. The molecule has 1 atom stereocenters. The lowest BCUT2D eigenvalue weighted by Gasteiger charge is -2.29. The molecule has 0 radical (unpaired) electrons. The summed E-state index contributed by atoms with van der Waals surface area (Å²) < 4.78 is 43.0. The molecule has 1 unspecified atom stereocenters. The number of nitrogens with zero attached hydrogens (tertiary/aromatic N) is 3. The first-order valence-electron chi connectivity index (χ1n) is 7.60. The lowest BCUT2D eigenvalue weighted by Crippen LogP contribution is -2.39. The van der Waals surface area contributed by atoms with Gasteiger partial charge in [0.2, 0.25) is 0 Å². The van der Waals surface area contributed by atoms with Crippen LogP contribution in [0.2, 0.25) is 0 Å². The molecule has 0 amide bonds. The van der Waals surface area contributed by atoms with Gasteiger partial charge in [-0.05, 0) is 24.5 Å². The SMILES string of the molecule is FC(F)(F)c1ccc(N2CCC(CN3CCOCC3)C2)nc1. The second kappa shape index (κ2) is 6.42. The summed E-state index contributed by atoms with van der Waals surface area (Å²) >= 11 is 0. The minimum absolute atomic E-state index is 0.544. The fourth-order valence-corrected chi connectivity index (χ4v) is 3.08. The molecule has 3 rings (SSSR count). The quantitative estimate of drug-likeness (QED) is 0.855. The lowest BCUT2D eigenvalue weighted by atomic mass is 10.1. The Balaban J connectivity index is 1.55. The second-order valence-corrected chi connectivity index (χ2v) is 5.92. The highest BCUT2D eigenvalue weighted by molar-refractivity contribution is 5.41. The maximum Gasteiger partial charge on any atom is 0.417 e. The van der Waals surface area contributed by atoms with Gasteiger partial charge in [-0.3, -0.25) is 4.90 Å².